The van der Waals surface area contributed by atoms with Gasteiger partial charge in [-0.15, -0.1) is 11.3 Å². The molecule has 0 radical (unpaired) electrons. The number of rotatable bonds is 5. The maximum absolute atomic E-state index is 12.5. The fraction of sp³-hybridized carbons (Fsp3) is 0.538. The number of alkyl halides is 3. The first-order chi connectivity index (χ1) is 9.58. The highest BCUT2D eigenvalue weighted by Gasteiger charge is 2.34. The van der Waals surface area contributed by atoms with Gasteiger partial charge in [-0.2, -0.15) is 13.2 Å². The number of nitrogens with zero attached hydrogens (tertiary/aromatic N) is 2. The highest BCUT2D eigenvalue weighted by molar-refractivity contribution is 7.12. The van der Waals surface area contributed by atoms with Crippen LogP contribution in [-0.4, -0.2) is 55.0 Å². The minimum Gasteiger partial charge on any atom is -0.347 e. The highest BCUT2D eigenvalue weighted by Crippen LogP contribution is 2.19. The third-order valence-corrected chi connectivity index (χ3v) is 3.67. The van der Waals surface area contributed by atoms with E-state index in [9.17, 15) is 22.8 Å². The molecule has 0 aliphatic heterocycles. The first-order valence-corrected chi connectivity index (χ1v) is 7.00. The van der Waals surface area contributed by atoms with E-state index in [1.54, 1.807) is 12.1 Å². The van der Waals surface area contributed by atoms with Gasteiger partial charge in [-0.3, -0.25) is 9.59 Å². The molecule has 4 nitrogen and oxygen atoms in total. The second-order valence-corrected chi connectivity index (χ2v) is 6.21. The largest absolute Gasteiger partial charge is 0.406 e. The molecular weight excluding hydrogens is 305 g/mol. The molecule has 0 aliphatic rings. The topological polar surface area (TPSA) is 40.6 Å². The summed E-state index contributed by atoms with van der Waals surface area (Å²) in [4.78, 5) is 27.0. The monoisotopic (exact) mass is 322 g/mol. The molecule has 0 saturated heterocycles. The molecule has 8 heteroatoms. The predicted octanol–water partition coefficient (Wildman–Crippen LogP) is 2.08. The molecule has 0 unspecified atom stereocenters. The van der Waals surface area contributed by atoms with Crippen molar-refractivity contribution in [1.29, 1.82) is 0 Å². The van der Waals surface area contributed by atoms with Gasteiger partial charge in [-0.25, -0.2) is 0 Å². The third kappa shape index (κ3) is 6.16. The molecule has 118 valence electrons. The van der Waals surface area contributed by atoms with E-state index in [4.69, 9.17) is 0 Å². The minimum atomic E-state index is -4.53. The zero-order chi connectivity index (χ0) is 16.2. The van der Waals surface area contributed by atoms with Crippen molar-refractivity contribution < 1.29 is 22.8 Å². The van der Waals surface area contributed by atoms with Crippen LogP contribution >= 0.6 is 11.3 Å². The van der Waals surface area contributed by atoms with Gasteiger partial charge in [-0.1, -0.05) is 0 Å². The zero-order valence-corrected chi connectivity index (χ0v) is 12.8. The van der Waals surface area contributed by atoms with Crippen LogP contribution in [0.15, 0.2) is 12.1 Å². The fourth-order valence-electron chi connectivity index (χ4n) is 1.59. The molecular formula is C13H17F3N2O2S. The number of halogens is 3. The van der Waals surface area contributed by atoms with E-state index in [0.717, 1.165) is 9.78 Å². The fourth-order valence-corrected chi connectivity index (χ4v) is 2.48. The summed E-state index contributed by atoms with van der Waals surface area (Å²) < 4.78 is 37.6. The molecule has 1 aromatic rings. The summed E-state index contributed by atoms with van der Waals surface area (Å²) in [6, 6.07) is 3.50. The number of amides is 2. The summed E-state index contributed by atoms with van der Waals surface area (Å²) in [7, 11) is 2.86. The molecule has 1 heterocycles. The van der Waals surface area contributed by atoms with E-state index >= 15 is 0 Å². The maximum Gasteiger partial charge on any atom is 0.406 e. The molecule has 0 aliphatic carbocycles. The average molecular weight is 322 g/mol. The van der Waals surface area contributed by atoms with Crippen LogP contribution < -0.4 is 0 Å². The van der Waals surface area contributed by atoms with Gasteiger partial charge < -0.3 is 9.80 Å². The van der Waals surface area contributed by atoms with Gasteiger partial charge in [0.1, 0.15) is 13.1 Å². The van der Waals surface area contributed by atoms with E-state index in [1.165, 1.54) is 25.4 Å². The molecule has 21 heavy (non-hydrogen) atoms. The molecule has 0 aromatic carbocycles. The highest BCUT2D eigenvalue weighted by atomic mass is 32.1. The van der Waals surface area contributed by atoms with Crippen LogP contribution in [0.1, 0.15) is 9.75 Å². The molecule has 0 bridgehead atoms. The normalized spacial score (nSPS) is 11.3. The Kier molecular flexibility index (Phi) is 5.77. The molecule has 1 rings (SSSR count). The maximum atomic E-state index is 12.5. The number of thiophene rings is 1. The van der Waals surface area contributed by atoms with Crippen molar-refractivity contribution in [2.45, 2.75) is 19.5 Å². The molecule has 2 amide bonds. The van der Waals surface area contributed by atoms with E-state index < -0.39 is 31.1 Å². The number of likely N-dealkylation sites (N-methyl/N-ethyl adjacent to an activating group) is 1. The molecule has 0 saturated carbocycles. The second kappa shape index (κ2) is 6.93. The Hall–Kier alpha value is -1.57. The Labute approximate surface area is 125 Å². The summed E-state index contributed by atoms with van der Waals surface area (Å²) in [6.07, 6.45) is -4.66. The van der Waals surface area contributed by atoms with Crippen molar-refractivity contribution in [3.05, 3.63) is 21.9 Å². The van der Waals surface area contributed by atoms with Gasteiger partial charge in [0, 0.05) is 23.8 Å². The molecule has 0 atom stereocenters. The van der Waals surface area contributed by atoms with Gasteiger partial charge in [-0.05, 0) is 19.1 Å². The van der Waals surface area contributed by atoms with Crippen LogP contribution in [-0.2, 0) is 16.0 Å². The Balaban J connectivity index is 2.79. The van der Waals surface area contributed by atoms with Crippen molar-refractivity contribution >= 4 is 23.2 Å². The van der Waals surface area contributed by atoms with Gasteiger partial charge >= 0.3 is 6.18 Å². The first-order valence-electron chi connectivity index (χ1n) is 6.18. The van der Waals surface area contributed by atoms with Crippen molar-refractivity contribution in [3.8, 4) is 0 Å². The van der Waals surface area contributed by atoms with Crippen LogP contribution in [0.2, 0.25) is 0 Å². The van der Waals surface area contributed by atoms with Crippen molar-refractivity contribution in [2.75, 3.05) is 27.2 Å². The summed E-state index contributed by atoms with van der Waals surface area (Å²) in [6.45, 7) is -0.146. The lowest BCUT2D eigenvalue weighted by molar-refractivity contribution is -0.163. The lowest BCUT2D eigenvalue weighted by Crippen LogP contribution is -2.45. The molecule has 0 spiro atoms. The Morgan fingerprint density at radius 2 is 1.81 bits per heavy atom. The first kappa shape index (κ1) is 17.5. The quantitative estimate of drug-likeness (QED) is 0.833. The zero-order valence-electron chi connectivity index (χ0n) is 12.0. The summed E-state index contributed by atoms with van der Waals surface area (Å²) >= 11 is 1.35. The third-order valence-electron chi connectivity index (χ3n) is 2.67. The van der Waals surface area contributed by atoms with Crippen LogP contribution in [0.25, 0.3) is 0 Å². The van der Waals surface area contributed by atoms with Crippen LogP contribution in [0.3, 0.4) is 0 Å². The number of hydrogen-bond donors (Lipinski definition) is 0. The minimum absolute atomic E-state index is 0.130. The molecule has 0 fully saturated rings. The van der Waals surface area contributed by atoms with Gasteiger partial charge in [0.15, 0.2) is 0 Å². The Morgan fingerprint density at radius 3 is 2.24 bits per heavy atom. The predicted molar refractivity (Wildman–Crippen MR) is 74.1 cm³/mol. The van der Waals surface area contributed by atoms with Crippen LogP contribution in [0.4, 0.5) is 13.2 Å². The summed E-state index contributed by atoms with van der Waals surface area (Å²) in [5.41, 5.74) is 0. The number of hydrogen-bond acceptors (Lipinski definition) is 3. The summed E-state index contributed by atoms with van der Waals surface area (Å²) in [5, 5.41) is 0. The Bertz CT molecular complexity index is 512. The SMILES string of the molecule is Cc1ccc(CC(=O)N(CC(=O)N(C)C)CC(F)(F)F)s1. The molecule has 0 N–H and O–H groups in total. The summed E-state index contributed by atoms with van der Waals surface area (Å²) in [5.74, 6) is -1.25. The van der Waals surface area contributed by atoms with E-state index in [1.807, 2.05) is 6.92 Å². The van der Waals surface area contributed by atoms with Gasteiger partial charge in [0.05, 0.1) is 6.42 Å². The number of carbonyl (C=O) groups is 2. The van der Waals surface area contributed by atoms with Crippen molar-refractivity contribution in [2.24, 2.45) is 0 Å². The van der Waals surface area contributed by atoms with E-state index in [-0.39, 0.29) is 6.42 Å². The van der Waals surface area contributed by atoms with Crippen LogP contribution in [0, 0.1) is 6.92 Å². The smallest absolute Gasteiger partial charge is 0.347 e. The van der Waals surface area contributed by atoms with E-state index in [2.05, 4.69) is 0 Å². The standard InChI is InChI=1S/C13H17F3N2O2S/c1-9-4-5-10(21-9)6-11(19)18(8-13(14,15)16)7-12(20)17(2)3/h4-5H,6-8H2,1-3H3. The van der Waals surface area contributed by atoms with Crippen molar-refractivity contribution in [3.63, 3.8) is 0 Å². The number of aryl methyl sites for hydroxylation is 1. The lowest BCUT2D eigenvalue weighted by atomic mass is 10.3. The lowest BCUT2D eigenvalue weighted by Gasteiger charge is -2.24. The number of carbonyl (C=O) groups excluding carboxylic acids is 2. The second-order valence-electron chi connectivity index (χ2n) is 4.84. The van der Waals surface area contributed by atoms with Gasteiger partial charge in [0.2, 0.25) is 11.8 Å². The molecule has 1 aromatic heterocycles. The van der Waals surface area contributed by atoms with E-state index in [0.29, 0.717) is 9.78 Å². The average Bonchev–Trinajstić information content (AvgIpc) is 2.71. The van der Waals surface area contributed by atoms with Crippen LogP contribution in [0.5, 0.6) is 0 Å². The van der Waals surface area contributed by atoms with Crippen molar-refractivity contribution in [1.82, 2.24) is 9.80 Å². The Morgan fingerprint density at radius 1 is 1.19 bits per heavy atom. The van der Waals surface area contributed by atoms with Gasteiger partial charge in [0.25, 0.3) is 0 Å².